The summed E-state index contributed by atoms with van der Waals surface area (Å²) < 4.78 is 5.59. The van der Waals surface area contributed by atoms with Gasteiger partial charge >= 0.3 is 5.97 Å². The van der Waals surface area contributed by atoms with Gasteiger partial charge in [0.05, 0.1) is 0 Å². The van der Waals surface area contributed by atoms with Crippen LogP contribution in [0.5, 0.6) is 0 Å². The highest BCUT2D eigenvalue weighted by Gasteiger charge is 2.43. The van der Waals surface area contributed by atoms with Gasteiger partial charge in [-0.1, -0.05) is 13.3 Å². The van der Waals surface area contributed by atoms with Crippen LogP contribution in [0.3, 0.4) is 0 Å². The van der Waals surface area contributed by atoms with Crippen LogP contribution in [0.25, 0.3) is 0 Å². The van der Waals surface area contributed by atoms with Gasteiger partial charge in [0.1, 0.15) is 22.3 Å². The van der Waals surface area contributed by atoms with Crippen molar-refractivity contribution in [3.05, 3.63) is 16.1 Å². The van der Waals surface area contributed by atoms with E-state index in [1.807, 2.05) is 0 Å². The van der Waals surface area contributed by atoms with Gasteiger partial charge in [-0.05, 0) is 44.4 Å². The Bertz CT molecular complexity index is 601. The first-order valence-corrected chi connectivity index (χ1v) is 9.55. The van der Waals surface area contributed by atoms with Crippen molar-refractivity contribution in [1.82, 2.24) is 10.3 Å². The Morgan fingerprint density at radius 1 is 1.42 bits per heavy atom. The SMILES string of the molecule is CCC1CCC(NC(=O)c2csc(C3CCCO3)n2)(C(=O)O)CC1. The molecule has 0 aromatic carbocycles. The number of carbonyl (C=O) groups excluding carboxylic acids is 1. The third-order valence-electron chi connectivity index (χ3n) is 5.26. The third-order valence-corrected chi connectivity index (χ3v) is 6.19. The third kappa shape index (κ3) is 3.47. The summed E-state index contributed by atoms with van der Waals surface area (Å²) in [5, 5.41) is 14.9. The fourth-order valence-electron chi connectivity index (χ4n) is 3.56. The van der Waals surface area contributed by atoms with Gasteiger partial charge < -0.3 is 15.2 Å². The normalized spacial score (nSPS) is 30.2. The Morgan fingerprint density at radius 2 is 2.17 bits per heavy atom. The van der Waals surface area contributed by atoms with Gasteiger partial charge in [0.15, 0.2) is 0 Å². The molecule has 2 fully saturated rings. The second kappa shape index (κ2) is 7.19. The number of ether oxygens (including phenoxy) is 1. The molecule has 2 heterocycles. The minimum Gasteiger partial charge on any atom is -0.480 e. The molecule has 1 aromatic heterocycles. The lowest BCUT2D eigenvalue weighted by Gasteiger charge is -2.37. The van der Waals surface area contributed by atoms with E-state index in [9.17, 15) is 14.7 Å². The summed E-state index contributed by atoms with van der Waals surface area (Å²) in [5.74, 6) is -0.785. The van der Waals surface area contributed by atoms with E-state index >= 15 is 0 Å². The Kier molecular flexibility index (Phi) is 5.20. The molecule has 1 saturated heterocycles. The van der Waals surface area contributed by atoms with E-state index < -0.39 is 17.4 Å². The van der Waals surface area contributed by atoms with Crippen molar-refractivity contribution in [2.75, 3.05) is 6.61 Å². The van der Waals surface area contributed by atoms with Crippen LogP contribution in [-0.2, 0) is 9.53 Å². The first kappa shape index (κ1) is 17.4. The average Bonchev–Trinajstić information content (AvgIpc) is 3.26. The van der Waals surface area contributed by atoms with Gasteiger partial charge in [0.2, 0.25) is 0 Å². The number of carboxylic acid groups (broad SMARTS) is 1. The maximum atomic E-state index is 12.5. The van der Waals surface area contributed by atoms with Gasteiger partial charge in [-0.3, -0.25) is 4.79 Å². The first-order chi connectivity index (χ1) is 11.5. The molecule has 0 bridgehead atoms. The number of hydrogen-bond donors (Lipinski definition) is 2. The van der Waals surface area contributed by atoms with Gasteiger partial charge in [-0.15, -0.1) is 11.3 Å². The maximum Gasteiger partial charge on any atom is 0.329 e. The molecule has 1 saturated carbocycles. The van der Waals surface area contributed by atoms with Crippen molar-refractivity contribution >= 4 is 23.2 Å². The number of amides is 1. The molecular weight excluding hydrogens is 328 g/mol. The number of rotatable bonds is 5. The summed E-state index contributed by atoms with van der Waals surface area (Å²) in [6, 6.07) is 0. The molecule has 2 aliphatic rings. The number of nitrogens with zero attached hydrogens (tertiary/aromatic N) is 1. The molecule has 24 heavy (non-hydrogen) atoms. The molecule has 1 unspecified atom stereocenters. The molecule has 0 spiro atoms. The number of aliphatic carboxylic acids is 1. The van der Waals surface area contributed by atoms with Crippen LogP contribution in [0, 0.1) is 5.92 Å². The molecular formula is C17H24N2O4S. The predicted octanol–water partition coefficient (Wildman–Crippen LogP) is 3.15. The largest absolute Gasteiger partial charge is 0.480 e. The van der Waals surface area contributed by atoms with E-state index in [-0.39, 0.29) is 6.10 Å². The standard InChI is InChI=1S/C17H24N2O4S/c1-2-11-5-7-17(8-6-11,16(21)22)19-14(20)12-10-24-15(18-12)13-4-3-9-23-13/h10-11,13H,2-9H2,1H3,(H,19,20)(H,21,22). The second-order valence-electron chi connectivity index (χ2n) is 6.77. The highest BCUT2D eigenvalue weighted by atomic mass is 32.1. The van der Waals surface area contributed by atoms with E-state index in [1.54, 1.807) is 5.38 Å². The molecule has 6 nitrogen and oxygen atoms in total. The Labute approximate surface area is 145 Å². The maximum absolute atomic E-state index is 12.5. The lowest BCUT2D eigenvalue weighted by Crippen LogP contribution is -2.56. The molecule has 1 atom stereocenters. The van der Waals surface area contributed by atoms with E-state index in [1.165, 1.54) is 11.3 Å². The van der Waals surface area contributed by atoms with Crippen molar-refractivity contribution in [2.45, 2.75) is 63.5 Å². The fourth-order valence-corrected chi connectivity index (χ4v) is 4.45. The molecule has 2 N–H and O–H groups in total. The molecule has 7 heteroatoms. The zero-order chi connectivity index (χ0) is 17.2. The highest BCUT2D eigenvalue weighted by Crippen LogP contribution is 2.35. The number of hydrogen-bond acceptors (Lipinski definition) is 5. The van der Waals surface area contributed by atoms with E-state index in [2.05, 4.69) is 17.2 Å². The summed E-state index contributed by atoms with van der Waals surface area (Å²) in [6.07, 6.45) is 5.59. The van der Waals surface area contributed by atoms with Crippen molar-refractivity contribution in [1.29, 1.82) is 0 Å². The number of carboxylic acids is 1. The lowest BCUT2D eigenvalue weighted by molar-refractivity contribution is -0.146. The monoisotopic (exact) mass is 352 g/mol. The minimum absolute atomic E-state index is 0.0232. The van der Waals surface area contributed by atoms with Crippen LogP contribution in [0.1, 0.15) is 73.5 Å². The minimum atomic E-state index is -1.16. The van der Waals surface area contributed by atoms with Gasteiger partial charge in [-0.2, -0.15) is 0 Å². The van der Waals surface area contributed by atoms with Gasteiger partial charge in [0, 0.05) is 12.0 Å². The summed E-state index contributed by atoms with van der Waals surface area (Å²) >= 11 is 1.40. The highest BCUT2D eigenvalue weighted by molar-refractivity contribution is 7.09. The lowest BCUT2D eigenvalue weighted by atomic mass is 9.75. The van der Waals surface area contributed by atoms with E-state index in [0.29, 0.717) is 24.5 Å². The molecule has 1 aliphatic heterocycles. The van der Waals surface area contributed by atoms with Gasteiger partial charge in [0.25, 0.3) is 5.91 Å². The topological polar surface area (TPSA) is 88.5 Å². The second-order valence-corrected chi connectivity index (χ2v) is 7.66. The Balaban J connectivity index is 1.69. The van der Waals surface area contributed by atoms with Crippen molar-refractivity contribution in [2.24, 2.45) is 5.92 Å². The molecule has 3 rings (SSSR count). The zero-order valence-corrected chi connectivity index (χ0v) is 14.7. The van der Waals surface area contributed by atoms with E-state index in [0.717, 1.165) is 43.7 Å². The van der Waals surface area contributed by atoms with Crippen LogP contribution in [0.2, 0.25) is 0 Å². The molecule has 0 radical (unpaired) electrons. The molecule has 1 amide bonds. The first-order valence-electron chi connectivity index (χ1n) is 8.67. The zero-order valence-electron chi connectivity index (χ0n) is 13.9. The van der Waals surface area contributed by atoms with Crippen molar-refractivity contribution in [3.63, 3.8) is 0 Å². The van der Waals surface area contributed by atoms with Crippen LogP contribution < -0.4 is 5.32 Å². The van der Waals surface area contributed by atoms with E-state index in [4.69, 9.17) is 4.74 Å². The predicted molar refractivity (Wildman–Crippen MR) is 90.1 cm³/mol. The van der Waals surface area contributed by atoms with Crippen LogP contribution >= 0.6 is 11.3 Å². The molecule has 132 valence electrons. The van der Waals surface area contributed by atoms with Crippen LogP contribution in [0.15, 0.2) is 5.38 Å². The fraction of sp³-hybridized carbons (Fsp3) is 0.706. The number of thiazole rings is 1. The Morgan fingerprint density at radius 3 is 2.75 bits per heavy atom. The van der Waals surface area contributed by atoms with Crippen LogP contribution in [0.4, 0.5) is 0 Å². The van der Waals surface area contributed by atoms with Crippen molar-refractivity contribution in [3.8, 4) is 0 Å². The number of aromatic nitrogens is 1. The van der Waals surface area contributed by atoms with Gasteiger partial charge in [-0.25, -0.2) is 9.78 Å². The quantitative estimate of drug-likeness (QED) is 0.850. The molecule has 1 aliphatic carbocycles. The number of carbonyl (C=O) groups is 2. The Hall–Kier alpha value is -1.47. The summed E-state index contributed by atoms with van der Waals surface area (Å²) in [4.78, 5) is 28.7. The van der Waals surface area contributed by atoms with Crippen molar-refractivity contribution < 1.29 is 19.4 Å². The summed E-state index contributed by atoms with van der Waals surface area (Å²) in [5.41, 5.74) is -0.861. The number of nitrogens with one attached hydrogen (secondary N) is 1. The smallest absolute Gasteiger partial charge is 0.329 e. The van der Waals surface area contributed by atoms with Crippen LogP contribution in [-0.4, -0.2) is 34.1 Å². The summed E-state index contributed by atoms with van der Waals surface area (Å²) in [7, 11) is 0. The summed E-state index contributed by atoms with van der Waals surface area (Å²) in [6.45, 7) is 2.85. The molecule has 1 aromatic rings. The average molecular weight is 352 g/mol.